The minimum absolute atomic E-state index is 0.103. The zero-order valence-electron chi connectivity index (χ0n) is 17.6. The average Bonchev–Trinajstić information content (AvgIpc) is 3.32. The second kappa shape index (κ2) is 11.7. The normalized spacial score (nSPS) is 14.0. The molecule has 1 aromatic carbocycles. The first-order chi connectivity index (χ1) is 15.9. The Morgan fingerprint density at radius 3 is 2.48 bits per heavy atom. The number of anilines is 1. The van der Waals surface area contributed by atoms with Gasteiger partial charge in [0.2, 0.25) is 6.41 Å². The summed E-state index contributed by atoms with van der Waals surface area (Å²) in [6.07, 6.45) is -0.854. The fourth-order valence-electron chi connectivity index (χ4n) is 2.78. The van der Waals surface area contributed by atoms with E-state index in [1.54, 1.807) is 6.07 Å². The van der Waals surface area contributed by atoms with Gasteiger partial charge in [-0.1, -0.05) is 17.7 Å². The van der Waals surface area contributed by atoms with Crippen LogP contribution in [0.3, 0.4) is 0 Å². The third kappa shape index (κ3) is 6.98. The fraction of sp³-hybridized carbons (Fsp3) is 0.333. The lowest BCUT2D eigenvalue weighted by atomic mass is 10.2. The summed E-state index contributed by atoms with van der Waals surface area (Å²) in [4.78, 5) is 19.0. The van der Waals surface area contributed by atoms with Crippen molar-refractivity contribution in [2.75, 3.05) is 38.3 Å². The van der Waals surface area contributed by atoms with Crippen molar-refractivity contribution in [1.29, 1.82) is 0 Å². The zero-order valence-corrected chi connectivity index (χ0v) is 18.4. The van der Waals surface area contributed by atoms with Crippen LogP contribution in [0.2, 0.25) is 5.02 Å². The van der Waals surface area contributed by atoms with Crippen molar-refractivity contribution in [3.05, 3.63) is 58.8 Å². The quantitative estimate of drug-likeness (QED) is 0.490. The number of nitrogens with zero attached hydrogens (tertiary/aromatic N) is 5. The molecule has 1 amide bonds. The summed E-state index contributed by atoms with van der Waals surface area (Å²) in [6, 6.07) is 7.03. The molecule has 0 unspecified atom stereocenters. The molecule has 176 valence electrons. The van der Waals surface area contributed by atoms with Gasteiger partial charge in [0.15, 0.2) is 0 Å². The van der Waals surface area contributed by atoms with Crippen molar-refractivity contribution in [3.63, 3.8) is 0 Å². The number of amides is 1. The van der Waals surface area contributed by atoms with Crippen LogP contribution in [-0.2, 0) is 16.1 Å². The highest BCUT2D eigenvalue weighted by molar-refractivity contribution is 6.31. The molecule has 33 heavy (non-hydrogen) atoms. The van der Waals surface area contributed by atoms with Crippen LogP contribution in [-0.4, -0.2) is 59.8 Å². The lowest BCUT2D eigenvalue weighted by molar-refractivity contribution is -0.107. The maximum absolute atomic E-state index is 13.2. The van der Waals surface area contributed by atoms with Gasteiger partial charge >= 0.3 is 6.43 Å². The van der Waals surface area contributed by atoms with Crippen LogP contribution in [0.5, 0.6) is 0 Å². The number of hydrogen-bond acceptors (Lipinski definition) is 7. The number of hydrogen-bond donors (Lipinski definition) is 0. The lowest BCUT2D eigenvalue weighted by Gasteiger charge is -2.21. The van der Waals surface area contributed by atoms with Crippen molar-refractivity contribution < 1.29 is 27.1 Å². The second-order valence-corrected chi connectivity index (χ2v) is 7.45. The number of alkyl halides is 2. The number of halogens is 4. The minimum atomic E-state index is -2.86. The number of ether oxygens (including phenoxy) is 1. The van der Waals surface area contributed by atoms with Crippen LogP contribution in [0.15, 0.2) is 40.9 Å². The van der Waals surface area contributed by atoms with Gasteiger partial charge in [-0.3, -0.25) is 9.78 Å². The Balaban J connectivity index is 0.000000374. The number of rotatable bonds is 6. The highest BCUT2D eigenvalue weighted by Crippen LogP contribution is 2.24. The predicted octanol–water partition coefficient (Wildman–Crippen LogP) is 3.97. The van der Waals surface area contributed by atoms with E-state index < -0.39 is 18.1 Å². The molecule has 0 saturated carbocycles. The van der Waals surface area contributed by atoms with Crippen LogP contribution in [0.25, 0.3) is 11.6 Å². The van der Waals surface area contributed by atoms with Crippen molar-refractivity contribution in [2.24, 2.45) is 0 Å². The minimum Gasteiger partial charge on any atom is -0.414 e. The Labute approximate surface area is 192 Å². The highest BCUT2D eigenvalue weighted by atomic mass is 35.5. The predicted molar refractivity (Wildman–Crippen MR) is 114 cm³/mol. The van der Waals surface area contributed by atoms with E-state index in [0.29, 0.717) is 17.7 Å². The summed E-state index contributed by atoms with van der Waals surface area (Å²) in [6.45, 7) is 4.16. The molecule has 12 heteroatoms. The Morgan fingerprint density at radius 2 is 1.97 bits per heavy atom. The van der Waals surface area contributed by atoms with Gasteiger partial charge in [0.25, 0.3) is 11.8 Å². The SMILES string of the molecule is CN1CCOCC1.O=CN(Cc1ccc(-c2nnc(C(F)F)o2)nc1)c1ccc(F)c(Cl)c1. The monoisotopic (exact) mass is 483 g/mol. The smallest absolute Gasteiger partial charge is 0.314 e. The summed E-state index contributed by atoms with van der Waals surface area (Å²) in [5, 5.41) is 6.63. The van der Waals surface area contributed by atoms with Crippen LogP contribution in [0.4, 0.5) is 18.9 Å². The molecule has 1 aliphatic rings. The molecular weight excluding hydrogens is 463 g/mol. The topological polar surface area (TPSA) is 84.6 Å². The van der Waals surface area contributed by atoms with E-state index in [9.17, 15) is 18.0 Å². The molecule has 3 aromatic rings. The number of carbonyl (C=O) groups excluding carboxylic acids is 1. The molecule has 0 bridgehead atoms. The van der Waals surface area contributed by atoms with Gasteiger partial charge < -0.3 is 19.0 Å². The number of likely N-dealkylation sites (N-methyl/N-ethyl adjacent to an activating group) is 1. The zero-order chi connectivity index (χ0) is 23.8. The largest absolute Gasteiger partial charge is 0.414 e. The third-order valence-electron chi connectivity index (χ3n) is 4.62. The number of aromatic nitrogens is 3. The van der Waals surface area contributed by atoms with Gasteiger partial charge in [-0.15, -0.1) is 10.2 Å². The second-order valence-electron chi connectivity index (χ2n) is 7.05. The molecule has 0 N–H and O–H groups in total. The summed E-state index contributed by atoms with van der Waals surface area (Å²) in [5.41, 5.74) is 1.26. The molecule has 1 saturated heterocycles. The van der Waals surface area contributed by atoms with Crippen LogP contribution >= 0.6 is 11.6 Å². The number of benzene rings is 1. The first-order valence-corrected chi connectivity index (χ1v) is 10.3. The summed E-state index contributed by atoms with van der Waals surface area (Å²) >= 11 is 5.72. The van der Waals surface area contributed by atoms with Crippen LogP contribution in [0, 0.1) is 5.82 Å². The fourth-order valence-corrected chi connectivity index (χ4v) is 2.95. The molecule has 2 aromatic heterocycles. The van der Waals surface area contributed by atoms with E-state index in [2.05, 4.69) is 27.1 Å². The first kappa shape index (κ1) is 24.6. The molecule has 3 heterocycles. The van der Waals surface area contributed by atoms with Crippen LogP contribution in [0.1, 0.15) is 17.9 Å². The van der Waals surface area contributed by atoms with E-state index >= 15 is 0 Å². The van der Waals surface area contributed by atoms with E-state index in [1.165, 1.54) is 29.3 Å². The molecule has 4 rings (SSSR count). The van der Waals surface area contributed by atoms with Crippen molar-refractivity contribution in [2.45, 2.75) is 13.0 Å². The first-order valence-electron chi connectivity index (χ1n) is 9.87. The highest BCUT2D eigenvalue weighted by Gasteiger charge is 2.18. The Bertz CT molecular complexity index is 1050. The van der Waals surface area contributed by atoms with Gasteiger partial charge in [0.1, 0.15) is 11.5 Å². The summed E-state index contributed by atoms with van der Waals surface area (Å²) < 4.78 is 48.1. The molecule has 8 nitrogen and oxygen atoms in total. The Morgan fingerprint density at radius 1 is 1.21 bits per heavy atom. The average molecular weight is 484 g/mol. The summed E-state index contributed by atoms with van der Waals surface area (Å²) in [7, 11) is 2.11. The van der Waals surface area contributed by atoms with Gasteiger partial charge in [0.05, 0.1) is 24.8 Å². The van der Waals surface area contributed by atoms with Crippen molar-refractivity contribution >= 4 is 23.7 Å². The molecule has 0 atom stereocenters. The van der Waals surface area contributed by atoms with E-state index in [1.807, 2.05) is 0 Å². The standard InChI is InChI=1S/C16H10ClF3N4O2.C5H11NO/c17-11-5-10(2-3-12(11)18)24(8-25)7-9-1-4-13(21-6-9)15-22-23-16(26-15)14(19)20;1-6-2-4-7-5-3-6/h1-6,8,14H,7H2;2-5H2,1H3. The molecule has 0 radical (unpaired) electrons. The van der Waals surface area contributed by atoms with Crippen molar-refractivity contribution in [1.82, 2.24) is 20.1 Å². The van der Waals surface area contributed by atoms with Gasteiger partial charge in [-0.05, 0) is 36.9 Å². The van der Waals surface area contributed by atoms with Crippen LogP contribution < -0.4 is 4.90 Å². The van der Waals surface area contributed by atoms with Gasteiger partial charge in [0, 0.05) is 25.0 Å². The summed E-state index contributed by atoms with van der Waals surface area (Å²) in [5.74, 6) is -1.51. The van der Waals surface area contributed by atoms with E-state index in [0.717, 1.165) is 32.4 Å². The van der Waals surface area contributed by atoms with Gasteiger partial charge in [-0.25, -0.2) is 4.39 Å². The van der Waals surface area contributed by atoms with E-state index in [-0.39, 0.29) is 23.2 Å². The molecule has 0 aliphatic carbocycles. The number of pyridine rings is 1. The Hall–Kier alpha value is -3.02. The molecular formula is C21H21ClF3N5O3. The van der Waals surface area contributed by atoms with E-state index in [4.69, 9.17) is 20.8 Å². The molecule has 1 fully saturated rings. The maximum Gasteiger partial charge on any atom is 0.314 e. The maximum atomic E-state index is 13.2. The lowest BCUT2D eigenvalue weighted by Crippen LogP contribution is -2.32. The van der Waals surface area contributed by atoms with Gasteiger partial charge in [-0.2, -0.15) is 8.78 Å². The number of morpholine rings is 1. The number of carbonyl (C=O) groups is 1. The Kier molecular flexibility index (Phi) is 8.75. The van der Waals surface area contributed by atoms with Crippen molar-refractivity contribution in [3.8, 4) is 11.6 Å². The molecule has 0 spiro atoms. The third-order valence-corrected chi connectivity index (χ3v) is 4.91. The molecule has 1 aliphatic heterocycles.